The first-order valence-corrected chi connectivity index (χ1v) is 6.38. The predicted molar refractivity (Wildman–Crippen MR) is 70.2 cm³/mol. The molecular formula is C13H16N4O2. The van der Waals surface area contributed by atoms with Gasteiger partial charge in [-0.1, -0.05) is 0 Å². The minimum absolute atomic E-state index is 0.551. The number of nitrogens with one attached hydrogen (secondary N) is 1. The molecule has 1 aromatic heterocycles. The van der Waals surface area contributed by atoms with Crippen molar-refractivity contribution in [3.05, 3.63) is 24.0 Å². The van der Waals surface area contributed by atoms with E-state index in [1.54, 1.807) is 0 Å². The van der Waals surface area contributed by atoms with Gasteiger partial charge >= 0.3 is 0 Å². The van der Waals surface area contributed by atoms with Crippen molar-refractivity contribution in [2.75, 3.05) is 19.8 Å². The number of hydrogen-bond acceptors (Lipinski definition) is 5. The summed E-state index contributed by atoms with van der Waals surface area (Å²) in [4.78, 5) is 4.40. The summed E-state index contributed by atoms with van der Waals surface area (Å²) in [5.74, 6) is 2.97. The molecule has 6 nitrogen and oxygen atoms in total. The topological polar surface area (TPSA) is 86.1 Å². The molecule has 0 unspecified atom stereocenters. The van der Waals surface area contributed by atoms with Crippen molar-refractivity contribution in [1.82, 2.24) is 15.2 Å². The summed E-state index contributed by atoms with van der Waals surface area (Å²) in [6.45, 7) is 1.91. The van der Waals surface area contributed by atoms with Crippen molar-refractivity contribution in [1.29, 1.82) is 0 Å². The molecule has 1 aliphatic rings. The monoisotopic (exact) mass is 260 g/mol. The summed E-state index contributed by atoms with van der Waals surface area (Å²) >= 11 is 0. The Morgan fingerprint density at radius 3 is 2.89 bits per heavy atom. The summed E-state index contributed by atoms with van der Waals surface area (Å²) in [6.07, 6.45) is 1.59. The van der Waals surface area contributed by atoms with Crippen molar-refractivity contribution >= 4 is 0 Å². The Bertz CT molecular complexity index is 568. The third kappa shape index (κ3) is 2.53. The maximum Gasteiger partial charge on any atom is 0.181 e. The Morgan fingerprint density at radius 1 is 1.21 bits per heavy atom. The molecule has 3 rings (SSSR count). The van der Waals surface area contributed by atoms with Crippen LogP contribution in [0, 0.1) is 0 Å². The van der Waals surface area contributed by atoms with Crippen LogP contribution in [0.4, 0.5) is 0 Å². The number of aromatic amines is 1. The molecule has 0 atom stereocenters. The van der Waals surface area contributed by atoms with Crippen LogP contribution in [0.5, 0.6) is 11.5 Å². The van der Waals surface area contributed by atoms with Crippen LogP contribution in [0.1, 0.15) is 12.2 Å². The fourth-order valence-corrected chi connectivity index (χ4v) is 1.98. The molecule has 2 heterocycles. The second kappa shape index (κ2) is 5.27. The summed E-state index contributed by atoms with van der Waals surface area (Å²) < 4.78 is 11.2. The predicted octanol–water partition coefficient (Wildman–Crippen LogP) is 1.13. The number of nitrogens with zero attached hydrogens (tertiary/aromatic N) is 2. The second-order valence-corrected chi connectivity index (χ2v) is 4.36. The summed E-state index contributed by atoms with van der Waals surface area (Å²) in [5, 5.41) is 7.07. The third-order valence-corrected chi connectivity index (χ3v) is 2.92. The lowest BCUT2D eigenvalue weighted by atomic mass is 10.2. The van der Waals surface area contributed by atoms with Gasteiger partial charge in [0.1, 0.15) is 5.82 Å². The molecular weight excluding hydrogens is 244 g/mol. The first kappa shape index (κ1) is 12.0. The molecule has 19 heavy (non-hydrogen) atoms. The van der Waals surface area contributed by atoms with Gasteiger partial charge in [0.05, 0.1) is 13.2 Å². The van der Waals surface area contributed by atoms with E-state index >= 15 is 0 Å². The normalized spacial score (nSPS) is 14.2. The highest BCUT2D eigenvalue weighted by Crippen LogP contribution is 2.33. The van der Waals surface area contributed by atoms with E-state index in [0.29, 0.717) is 32.0 Å². The minimum Gasteiger partial charge on any atom is -0.490 e. The van der Waals surface area contributed by atoms with Crippen molar-refractivity contribution in [3.63, 3.8) is 0 Å². The highest BCUT2D eigenvalue weighted by molar-refractivity contribution is 5.61. The Balaban J connectivity index is 1.89. The average molecular weight is 260 g/mol. The van der Waals surface area contributed by atoms with Gasteiger partial charge in [-0.25, -0.2) is 4.98 Å². The van der Waals surface area contributed by atoms with E-state index in [2.05, 4.69) is 15.2 Å². The Kier molecular flexibility index (Phi) is 3.33. The number of H-pyrrole nitrogens is 1. The molecule has 0 spiro atoms. The van der Waals surface area contributed by atoms with Crippen molar-refractivity contribution in [3.8, 4) is 22.9 Å². The quantitative estimate of drug-likeness (QED) is 0.864. The van der Waals surface area contributed by atoms with Crippen LogP contribution in [-0.2, 0) is 6.42 Å². The van der Waals surface area contributed by atoms with E-state index in [9.17, 15) is 0 Å². The zero-order valence-electron chi connectivity index (χ0n) is 10.6. The average Bonchev–Trinajstić information content (AvgIpc) is 2.76. The van der Waals surface area contributed by atoms with E-state index in [1.165, 1.54) is 0 Å². The molecule has 6 heteroatoms. The molecule has 0 saturated heterocycles. The third-order valence-electron chi connectivity index (χ3n) is 2.92. The van der Waals surface area contributed by atoms with Crippen LogP contribution in [0.3, 0.4) is 0 Å². The van der Waals surface area contributed by atoms with Crippen LogP contribution < -0.4 is 15.2 Å². The number of aromatic nitrogens is 3. The second-order valence-electron chi connectivity index (χ2n) is 4.36. The van der Waals surface area contributed by atoms with E-state index in [-0.39, 0.29) is 0 Å². The molecule has 0 bridgehead atoms. The Labute approximate surface area is 110 Å². The number of rotatable bonds is 3. The minimum atomic E-state index is 0.551. The fourth-order valence-electron chi connectivity index (χ4n) is 1.98. The molecule has 0 amide bonds. The lowest BCUT2D eigenvalue weighted by Crippen LogP contribution is -2.03. The van der Waals surface area contributed by atoms with E-state index < -0.39 is 0 Å². The van der Waals surface area contributed by atoms with E-state index in [1.807, 2.05) is 18.2 Å². The van der Waals surface area contributed by atoms with Crippen LogP contribution in [0.2, 0.25) is 0 Å². The van der Waals surface area contributed by atoms with Gasteiger partial charge in [-0.15, -0.1) is 0 Å². The van der Waals surface area contributed by atoms with Crippen LogP contribution >= 0.6 is 0 Å². The molecule has 1 aromatic carbocycles. The zero-order chi connectivity index (χ0) is 13.1. The van der Waals surface area contributed by atoms with Crippen LogP contribution in [0.15, 0.2) is 18.2 Å². The maximum absolute atomic E-state index is 5.65. The molecule has 0 fully saturated rings. The standard InChI is InChI=1S/C13H16N4O2/c14-5-4-12-15-13(17-16-12)9-2-3-10-11(8-9)19-7-1-6-18-10/h2-3,8H,1,4-7,14H2,(H,15,16,17). The molecule has 1 aliphatic heterocycles. The zero-order valence-corrected chi connectivity index (χ0v) is 10.6. The van der Waals surface area contributed by atoms with Crippen molar-refractivity contribution in [2.24, 2.45) is 5.73 Å². The summed E-state index contributed by atoms with van der Waals surface area (Å²) in [7, 11) is 0. The molecule has 3 N–H and O–H groups in total. The summed E-state index contributed by atoms with van der Waals surface area (Å²) in [6, 6.07) is 5.74. The van der Waals surface area contributed by atoms with Gasteiger partial charge in [-0.05, 0) is 24.7 Å². The van der Waals surface area contributed by atoms with Gasteiger partial charge in [-0.3, -0.25) is 5.10 Å². The Morgan fingerprint density at radius 2 is 2.05 bits per heavy atom. The molecule has 2 aromatic rings. The maximum atomic E-state index is 5.65. The van der Waals surface area contributed by atoms with Crippen LogP contribution in [0.25, 0.3) is 11.4 Å². The van der Waals surface area contributed by atoms with Gasteiger partial charge in [-0.2, -0.15) is 5.10 Å². The molecule has 100 valence electrons. The SMILES string of the molecule is NCCc1nc(-c2ccc3c(c2)OCCCO3)n[nH]1. The lowest BCUT2D eigenvalue weighted by Gasteiger charge is -2.07. The highest BCUT2D eigenvalue weighted by Gasteiger charge is 2.13. The fraction of sp³-hybridized carbons (Fsp3) is 0.385. The number of hydrogen-bond donors (Lipinski definition) is 2. The number of fused-ring (bicyclic) bond motifs is 1. The lowest BCUT2D eigenvalue weighted by molar-refractivity contribution is 0.297. The Hall–Kier alpha value is -2.08. The first-order valence-electron chi connectivity index (χ1n) is 6.38. The largest absolute Gasteiger partial charge is 0.490 e. The van der Waals surface area contributed by atoms with Gasteiger partial charge in [0.2, 0.25) is 0 Å². The first-order chi connectivity index (χ1) is 9.36. The van der Waals surface area contributed by atoms with E-state index in [0.717, 1.165) is 29.3 Å². The molecule has 0 radical (unpaired) electrons. The molecule has 0 aliphatic carbocycles. The smallest absolute Gasteiger partial charge is 0.181 e. The summed E-state index contributed by atoms with van der Waals surface area (Å²) in [5.41, 5.74) is 6.40. The van der Waals surface area contributed by atoms with Gasteiger partial charge in [0, 0.05) is 18.4 Å². The highest BCUT2D eigenvalue weighted by atomic mass is 16.5. The number of nitrogens with two attached hydrogens (primary N) is 1. The number of benzene rings is 1. The number of ether oxygens (including phenoxy) is 2. The molecule has 0 saturated carbocycles. The van der Waals surface area contributed by atoms with Gasteiger partial charge in [0.25, 0.3) is 0 Å². The van der Waals surface area contributed by atoms with Crippen molar-refractivity contribution < 1.29 is 9.47 Å². The van der Waals surface area contributed by atoms with E-state index in [4.69, 9.17) is 15.2 Å². The van der Waals surface area contributed by atoms with Gasteiger partial charge in [0.15, 0.2) is 17.3 Å². The van der Waals surface area contributed by atoms with Gasteiger partial charge < -0.3 is 15.2 Å². The van der Waals surface area contributed by atoms with Crippen LogP contribution in [-0.4, -0.2) is 34.9 Å². The van der Waals surface area contributed by atoms with Crippen molar-refractivity contribution in [2.45, 2.75) is 12.8 Å².